The molecule has 4 nitrogen and oxygen atoms in total. The summed E-state index contributed by atoms with van der Waals surface area (Å²) in [7, 11) is 0. The number of carbonyl (C=O) groups is 1. The van der Waals surface area contributed by atoms with Crippen LogP contribution < -0.4 is 0 Å². The molecule has 4 fully saturated rings. The third-order valence-electron chi connectivity index (χ3n) is 6.75. The Balaban J connectivity index is 1.85. The van der Waals surface area contributed by atoms with Crippen molar-refractivity contribution in [2.24, 2.45) is 28.1 Å². The van der Waals surface area contributed by atoms with Crippen LogP contribution >= 0.6 is 0 Å². The van der Waals surface area contributed by atoms with Crippen LogP contribution in [0.25, 0.3) is 0 Å². The average molecular weight is 266 g/mol. The summed E-state index contributed by atoms with van der Waals surface area (Å²) in [6.07, 6.45) is 1.87. The predicted octanol–water partition coefficient (Wildman–Crippen LogP) is 1.10. The van der Waals surface area contributed by atoms with Crippen LogP contribution in [0.5, 0.6) is 0 Å². The Morgan fingerprint density at radius 2 is 1.95 bits per heavy atom. The molecule has 106 valence electrons. The summed E-state index contributed by atoms with van der Waals surface area (Å²) in [5, 5.41) is 21.9. The van der Waals surface area contributed by atoms with Crippen molar-refractivity contribution in [3.05, 3.63) is 0 Å². The summed E-state index contributed by atoms with van der Waals surface area (Å²) in [6.45, 7) is 6.45. The van der Waals surface area contributed by atoms with Crippen LogP contribution in [0.15, 0.2) is 0 Å². The zero-order chi connectivity index (χ0) is 13.8. The average Bonchev–Trinajstić information content (AvgIpc) is 2.80. The Morgan fingerprint density at radius 3 is 2.63 bits per heavy atom. The summed E-state index contributed by atoms with van der Waals surface area (Å²) in [5.74, 6) is -0.200. The van der Waals surface area contributed by atoms with E-state index in [4.69, 9.17) is 4.74 Å². The van der Waals surface area contributed by atoms with Crippen LogP contribution in [-0.2, 0) is 9.53 Å². The molecular weight excluding hydrogens is 244 g/mol. The van der Waals surface area contributed by atoms with Gasteiger partial charge >= 0.3 is 5.97 Å². The first-order chi connectivity index (χ1) is 8.68. The van der Waals surface area contributed by atoms with Crippen LogP contribution in [0.2, 0.25) is 0 Å². The lowest BCUT2D eigenvalue weighted by atomic mass is 9.60. The van der Waals surface area contributed by atoms with Gasteiger partial charge in [0.15, 0.2) is 0 Å². The zero-order valence-electron chi connectivity index (χ0n) is 11.8. The first-order valence-corrected chi connectivity index (χ1v) is 7.26. The summed E-state index contributed by atoms with van der Waals surface area (Å²) >= 11 is 0. The molecule has 3 saturated carbocycles. The Hall–Kier alpha value is -0.610. The van der Waals surface area contributed by atoms with Crippen LogP contribution in [0.4, 0.5) is 0 Å². The zero-order valence-corrected chi connectivity index (χ0v) is 11.8. The molecule has 1 aliphatic heterocycles. The van der Waals surface area contributed by atoms with E-state index in [1.165, 1.54) is 0 Å². The van der Waals surface area contributed by atoms with E-state index < -0.39 is 22.5 Å². The maximum absolute atomic E-state index is 12.2. The smallest absolute Gasteiger partial charge is 0.315 e. The molecule has 0 aromatic carbocycles. The van der Waals surface area contributed by atoms with E-state index >= 15 is 0 Å². The Morgan fingerprint density at radius 1 is 1.26 bits per heavy atom. The molecule has 0 bridgehead atoms. The minimum Gasteiger partial charge on any atom is -0.464 e. The van der Waals surface area contributed by atoms with Gasteiger partial charge in [0.05, 0.1) is 17.1 Å². The second kappa shape index (κ2) is 2.86. The van der Waals surface area contributed by atoms with Gasteiger partial charge in [-0.25, -0.2) is 0 Å². The van der Waals surface area contributed by atoms with Crippen LogP contribution in [-0.4, -0.2) is 34.5 Å². The fourth-order valence-electron chi connectivity index (χ4n) is 5.81. The molecule has 4 aliphatic rings. The molecule has 19 heavy (non-hydrogen) atoms. The number of aliphatic hydroxyl groups excluding tert-OH is 1. The van der Waals surface area contributed by atoms with Gasteiger partial charge in [0, 0.05) is 0 Å². The fourth-order valence-corrected chi connectivity index (χ4v) is 5.81. The normalized spacial score (nSPS) is 61.1. The number of aliphatic hydroxyl groups is 2. The van der Waals surface area contributed by atoms with Gasteiger partial charge in [-0.1, -0.05) is 13.8 Å². The number of hydrogen-bond acceptors (Lipinski definition) is 4. The summed E-state index contributed by atoms with van der Waals surface area (Å²) in [4.78, 5) is 12.2. The molecule has 6 atom stereocenters. The molecule has 0 radical (unpaired) electrons. The van der Waals surface area contributed by atoms with Gasteiger partial charge in [0.25, 0.3) is 0 Å². The predicted molar refractivity (Wildman–Crippen MR) is 67.1 cm³/mol. The molecule has 3 aliphatic carbocycles. The van der Waals surface area contributed by atoms with Crippen LogP contribution in [0.1, 0.15) is 40.0 Å². The molecule has 4 rings (SSSR count). The summed E-state index contributed by atoms with van der Waals surface area (Å²) in [6, 6.07) is 0. The monoisotopic (exact) mass is 266 g/mol. The number of cyclic esters (lactones) is 1. The van der Waals surface area contributed by atoms with Crippen molar-refractivity contribution in [3.63, 3.8) is 0 Å². The number of esters is 1. The van der Waals surface area contributed by atoms with Crippen molar-refractivity contribution < 1.29 is 19.7 Å². The first kappa shape index (κ1) is 12.2. The van der Waals surface area contributed by atoms with E-state index in [0.29, 0.717) is 6.42 Å². The van der Waals surface area contributed by atoms with Crippen molar-refractivity contribution in [1.29, 1.82) is 0 Å². The molecule has 4 heteroatoms. The van der Waals surface area contributed by atoms with E-state index in [-0.39, 0.29) is 29.8 Å². The van der Waals surface area contributed by atoms with Gasteiger partial charge in [-0.15, -0.1) is 0 Å². The minimum absolute atomic E-state index is 0.00113. The number of fused-ring (bicyclic) bond motifs is 1. The van der Waals surface area contributed by atoms with E-state index in [1.807, 2.05) is 0 Å². The molecule has 0 unspecified atom stereocenters. The quantitative estimate of drug-likeness (QED) is 0.644. The third-order valence-corrected chi connectivity index (χ3v) is 6.75. The Kier molecular flexibility index (Phi) is 1.83. The fraction of sp³-hybridized carbons (Fsp3) is 0.933. The van der Waals surface area contributed by atoms with E-state index in [1.54, 1.807) is 6.92 Å². The third kappa shape index (κ3) is 1.03. The molecule has 2 N–H and O–H groups in total. The Bertz CT molecular complexity index is 483. The SMILES string of the molecule is CC1(C)C[C@H]2[C@@H](O)[C@@]34COC(=O)[C@@]3(C4)[C@@](C)(O)[C@H]2C1. The molecule has 0 amide bonds. The van der Waals surface area contributed by atoms with Crippen molar-refractivity contribution in [2.45, 2.75) is 51.7 Å². The van der Waals surface area contributed by atoms with Crippen molar-refractivity contribution in [3.8, 4) is 0 Å². The molecule has 1 heterocycles. The van der Waals surface area contributed by atoms with Gasteiger partial charge in [0.2, 0.25) is 0 Å². The highest BCUT2D eigenvalue weighted by Gasteiger charge is 2.90. The lowest BCUT2D eigenvalue weighted by molar-refractivity contribution is -0.172. The highest BCUT2D eigenvalue weighted by molar-refractivity contribution is 5.87. The van der Waals surface area contributed by atoms with Crippen molar-refractivity contribution in [1.82, 2.24) is 0 Å². The largest absolute Gasteiger partial charge is 0.464 e. The standard InChI is InChI=1S/C15H22O4/c1-12(2)4-8-9(5-12)13(3,18)15-6-14(15,10(8)16)7-19-11(15)17/h8-10,16,18H,4-7H2,1-3H3/t8-,9+,10-,13+,14-,15+/m1/s1. The molecule has 0 aromatic heterocycles. The maximum atomic E-state index is 12.2. The Labute approximate surface area is 113 Å². The van der Waals surface area contributed by atoms with Crippen LogP contribution in [0.3, 0.4) is 0 Å². The lowest BCUT2D eigenvalue weighted by Gasteiger charge is -2.47. The summed E-state index contributed by atoms with van der Waals surface area (Å²) in [5.41, 5.74) is -2.25. The van der Waals surface area contributed by atoms with Gasteiger partial charge < -0.3 is 14.9 Å². The van der Waals surface area contributed by atoms with Gasteiger partial charge in [-0.3, -0.25) is 4.79 Å². The van der Waals surface area contributed by atoms with Gasteiger partial charge in [-0.05, 0) is 43.4 Å². The minimum atomic E-state index is -1.04. The van der Waals surface area contributed by atoms with E-state index in [0.717, 1.165) is 12.8 Å². The highest BCUT2D eigenvalue weighted by atomic mass is 16.5. The maximum Gasteiger partial charge on any atom is 0.315 e. The molecule has 0 aromatic rings. The summed E-state index contributed by atoms with van der Waals surface area (Å²) < 4.78 is 5.21. The van der Waals surface area contributed by atoms with Gasteiger partial charge in [0.1, 0.15) is 12.0 Å². The number of rotatable bonds is 0. The van der Waals surface area contributed by atoms with Crippen molar-refractivity contribution in [2.75, 3.05) is 6.61 Å². The van der Waals surface area contributed by atoms with Gasteiger partial charge in [-0.2, -0.15) is 0 Å². The second-order valence-electron chi connectivity index (χ2n) is 8.25. The van der Waals surface area contributed by atoms with E-state index in [9.17, 15) is 15.0 Å². The molecule has 0 spiro atoms. The second-order valence-corrected chi connectivity index (χ2v) is 8.25. The topological polar surface area (TPSA) is 66.8 Å². The number of hydrogen-bond donors (Lipinski definition) is 2. The number of ether oxygens (including phenoxy) is 1. The highest BCUT2D eigenvalue weighted by Crippen LogP contribution is 2.81. The van der Waals surface area contributed by atoms with E-state index in [2.05, 4.69) is 13.8 Å². The van der Waals surface area contributed by atoms with Crippen LogP contribution in [0, 0.1) is 28.1 Å². The molecule has 1 saturated heterocycles. The van der Waals surface area contributed by atoms with Crippen molar-refractivity contribution >= 4 is 5.97 Å². The number of carbonyl (C=O) groups excluding carboxylic acids is 1. The first-order valence-electron chi connectivity index (χ1n) is 7.26. The lowest BCUT2D eigenvalue weighted by Crippen LogP contribution is -2.58. The molecular formula is C15H22O4.